The Kier molecular flexibility index (Phi) is 6.69. The molecule has 1 aromatic carbocycles. The van der Waals surface area contributed by atoms with Crippen LogP contribution in [0.15, 0.2) is 36.5 Å². The number of piperidine rings is 1. The number of ether oxygens (including phenoxy) is 2. The molecule has 1 fully saturated rings. The Morgan fingerprint density at radius 2 is 1.93 bits per heavy atom. The summed E-state index contributed by atoms with van der Waals surface area (Å²) in [5.74, 6) is 1.37. The van der Waals surface area contributed by atoms with Gasteiger partial charge >= 0.3 is 6.18 Å². The molecule has 9 heteroatoms. The maximum absolute atomic E-state index is 12.7. The number of nitrogens with zero attached hydrogens (tertiary/aromatic N) is 2. The summed E-state index contributed by atoms with van der Waals surface area (Å²) in [6.45, 7) is 3.50. The van der Waals surface area contributed by atoms with Crippen LogP contribution in [0.1, 0.15) is 35.7 Å². The van der Waals surface area contributed by atoms with Gasteiger partial charge in [0.05, 0.1) is 19.3 Å². The van der Waals surface area contributed by atoms with E-state index in [1.165, 1.54) is 13.2 Å². The smallest absolute Gasteiger partial charge is 0.417 e. The van der Waals surface area contributed by atoms with Crippen LogP contribution in [0.3, 0.4) is 0 Å². The van der Waals surface area contributed by atoms with Crippen LogP contribution in [0, 0.1) is 0 Å². The van der Waals surface area contributed by atoms with Gasteiger partial charge in [0.1, 0.15) is 5.82 Å². The molecule has 2 heterocycles. The maximum Gasteiger partial charge on any atom is 0.417 e. The summed E-state index contributed by atoms with van der Waals surface area (Å²) in [5, 5.41) is 3.01. The lowest BCUT2D eigenvalue weighted by Gasteiger charge is -2.33. The summed E-state index contributed by atoms with van der Waals surface area (Å²) in [6.07, 6.45) is -2.21. The largest absolute Gasteiger partial charge is 0.493 e. The third-order valence-electron chi connectivity index (χ3n) is 4.96. The Bertz CT molecular complexity index is 864. The van der Waals surface area contributed by atoms with Crippen molar-refractivity contribution in [3.05, 3.63) is 47.7 Å². The molecular formula is C21H24F3N3O3. The first-order valence-electron chi connectivity index (χ1n) is 9.71. The normalized spacial score (nSPS) is 15.0. The second kappa shape index (κ2) is 9.23. The zero-order valence-electron chi connectivity index (χ0n) is 16.8. The van der Waals surface area contributed by atoms with Crippen molar-refractivity contribution in [2.75, 3.05) is 31.7 Å². The fourth-order valence-corrected chi connectivity index (χ4v) is 3.35. The number of benzene rings is 1. The number of nitrogens with one attached hydrogen (secondary N) is 1. The van der Waals surface area contributed by atoms with Crippen LogP contribution in [-0.2, 0) is 6.18 Å². The molecule has 30 heavy (non-hydrogen) atoms. The van der Waals surface area contributed by atoms with Gasteiger partial charge in [0.25, 0.3) is 5.91 Å². The van der Waals surface area contributed by atoms with E-state index in [-0.39, 0.29) is 11.9 Å². The zero-order valence-corrected chi connectivity index (χ0v) is 16.8. The predicted octanol–water partition coefficient (Wildman–Crippen LogP) is 3.91. The summed E-state index contributed by atoms with van der Waals surface area (Å²) >= 11 is 0. The highest BCUT2D eigenvalue weighted by Crippen LogP contribution is 2.30. The third kappa shape index (κ3) is 5.14. The number of methoxy groups -OCH3 is 1. The van der Waals surface area contributed by atoms with E-state index < -0.39 is 11.7 Å². The summed E-state index contributed by atoms with van der Waals surface area (Å²) in [5.41, 5.74) is -0.287. The van der Waals surface area contributed by atoms with Gasteiger partial charge in [-0.25, -0.2) is 4.98 Å². The van der Waals surface area contributed by atoms with E-state index in [1.54, 1.807) is 18.2 Å². The number of carbonyl (C=O) groups is 1. The maximum atomic E-state index is 12.7. The molecule has 6 nitrogen and oxygen atoms in total. The standard InChI is InChI=1S/C21H24F3N3O3/c1-3-30-18-12-14(4-6-17(18)29-2)20(28)26-16-8-10-27(11-9-16)19-7-5-15(13-25-19)21(22,23)24/h4-7,12-13,16H,3,8-11H2,1-2H3,(H,26,28). The molecule has 0 aliphatic carbocycles. The van der Waals surface area contributed by atoms with Crippen molar-refractivity contribution in [2.24, 2.45) is 0 Å². The Labute approximate surface area is 173 Å². The van der Waals surface area contributed by atoms with Crippen LogP contribution >= 0.6 is 0 Å². The molecule has 1 aromatic heterocycles. The van der Waals surface area contributed by atoms with E-state index in [2.05, 4.69) is 10.3 Å². The lowest BCUT2D eigenvalue weighted by molar-refractivity contribution is -0.137. The number of anilines is 1. The predicted molar refractivity (Wildman–Crippen MR) is 106 cm³/mol. The Morgan fingerprint density at radius 1 is 1.20 bits per heavy atom. The number of amides is 1. The van der Waals surface area contributed by atoms with Gasteiger partial charge in [0.15, 0.2) is 11.5 Å². The first kappa shape index (κ1) is 21.7. The number of carbonyl (C=O) groups excluding carboxylic acids is 1. The highest BCUT2D eigenvalue weighted by molar-refractivity contribution is 5.95. The SMILES string of the molecule is CCOc1cc(C(=O)NC2CCN(c3ccc(C(F)(F)F)cn3)CC2)ccc1OC. The highest BCUT2D eigenvalue weighted by atomic mass is 19.4. The fraction of sp³-hybridized carbons (Fsp3) is 0.429. The lowest BCUT2D eigenvalue weighted by Crippen LogP contribution is -2.45. The number of hydrogen-bond donors (Lipinski definition) is 1. The fourth-order valence-electron chi connectivity index (χ4n) is 3.35. The molecule has 1 N–H and O–H groups in total. The van der Waals surface area contributed by atoms with Gasteiger partial charge in [-0.3, -0.25) is 4.79 Å². The lowest BCUT2D eigenvalue weighted by atomic mass is 10.0. The van der Waals surface area contributed by atoms with Crippen LogP contribution in [0.5, 0.6) is 11.5 Å². The van der Waals surface area contributed by atoms with E-state index in [4.69, 9.17) is 9.47 Å². The summed E-state index contributed by atoms with van der Waals surface area (Å²) in [6, 6.07) is 7.42. The highest BCUT2D eigenvalue weighted by Gasteiger charge is 2.31. The molecule has 1 saturated heterocycles. The Hall–Kier alpha value is -2.97. The molecule has 0 unspecified atom stereocenters. The van der Waals surface area contributed by atoms with E-state index in [1.807, 2.05) is 11.8 Å². The minimum Gasteiger partial charge on any atom is -0.493 e. The minimum absolute atomic E-state index is 0.0270. The van der Waals surface area contributed by atoms with Gasteiger partial charge in [-0.15, -0.1) is 0 Å². The van der Waals surface area contributed by atoms with Crippen molar-refractivity contribution in [1.82, 2.24) is 10.3 Å². The van der Waals surface area contributed by atoms with Gasteiger partial charge in [0.2, 0.25) is 0 Å². The van der Waals surface area contributed by atoms with Gasteiger partial charge in [0, 0.05) is 30.9 Å². The molecule has 3 rings (SSSR count). The molecule has 0 atom stereocenters. The summed E-state index contributed by atoms with van der Waals surface area (Å²) in [7, 11) is 1.54. The first-order chi connectivity index (χ1) is 14.3. The van der Waals surface area contributed by atoms with E-state index in [9.17, 15) is 18.0 Å². The van der Waals surface area contributed by atoms with Crippen molar-refractivity contribution in [3.63, 3.8) is 0 Å². The molecule has 0 saturated carbocycles. The molecular weight excluding hydrogens is 399 g/mol. The number of rotatable bonds is 6. The first-order valence-corrected chi connectivity index (χ1v) is 9.71. The van der Waals surface area contributed by atoms with E-state index >= 15 is 0 Å². The molecule has 0 spiro atoms. The van der Waals surface area contributed by atoms with Crippen LogP contribution in [0.2, 0.25) is 0 Å². The van der Waals surface area contributed by atoms with E-state index in [0.29, 0.717) is 55.4 Å². The summed E-state index contributed by atoms with van der Waals surface area (Å²) < 4.78 is 48.8. The third-order valence-corrected chi connectivity index (χ3v) is 4.96. The van der Waals surface area contributed by atoms with Gasteiger partial charge in [-0.1, -0.05) is 0 Å². The average Bonchev–Trinajstić information content (AvgIpc) is 2.74. The van der Waals surface area contributed by atoms with Crippen LogP contribution in [-0.4, -0.2) is 43.7 Å². The topological polar surface area (TPSA) is 63.7 Å². The monoisotopic (exact) mass is 423 g/mol. The molecule has 162 valence electrons. The molecule has 1 aliphatic heterocycles. The number of aromatic nitrogens is 1. The number of alkyl halides is 3. The van der Waals surface area contributed by atoms with Crippen molar-refractivity contribution in [2.45, 2.75) is 32.0 Å². The van der Waals surface area contributed by atoms with E-state index in [0.717, 1.165) is 12.3 Å². The van der Waals surface area contributed by atoms with Crippen molar-refractivity contribution >= 4 is 11.7 Å². The van der Waals surface area contributed by atoms with Crippen LogP contribution in [0.4, 0.5) is 19.0 Å². The molecule has 0 radical (unpaired) electrons. The zero-order chi connectivity index (χ0) is 21.7. The number of pyridine rings is 1. The molecule has 0 bridgehead atoms. The Balaban J connectivity index is 1.57. The second-order valence-electron chi connectivity index (χ2n) is 6.94. The molecule has 2 aromatic rings. The second-order valence-corrected chi connectivity index (χ2v) is 6.94. The van der Waals surface area contributed by atoms with Crippen molar-refractivity contribution in [1.29, 1.82) is 0 Å². The van der Waals surface area contributed by atoms with Gasteiger partial charge < -0.3 is 19.7 Å². The van der Waals surface area contributed by atoms with Crippen molar-refractivity contribution in [3.8, 4) is 11.5 Å². The number of hydrogen-bond acceptors (Lipinski definition) is 5. The van der Waals surface area contributed by atoms with Crippen molar-refractivity contribution < 1.29 is 27.4 Å². The molecule has 1 amide bonds. The Morgan fingerprint density at radius 3 is 2.50 bits per heavy atom. The number of halogens is 3. The average molecular weight is 423 g/mol. The molecule has 1 aliphatic rings. The summed E-state index contributed by atoms with van der Waals surface area (Å²) in [4.78, 5) is 18.5. The minimum atomic E-state index is -4.40. The van der Waals surface area contributed by atoms with Crippen LogP contribution < -0.4 is 19.7 Å². The van der Waals surface area contributed by atoms with Gasteiger partial charge in [-0.2, -0.15) is 13.2 Å². The van der Waals surface area contributed by atoms with Gasteiger partial charge in [-0.05, 0) is 50.1 Å². The van der Waals surface area contributed by atoms with Crippen LogP contribution in [0.25, 0.3) is 0 Å². The quantitative estimate of drug-likeness (QED) is 0.764.